The van der Waals surface area contributed by atoms with E-state index in [4.69, 9.17) is 5.73 Å². The fourth-order valence-corrected chi connectivity index (χ4v) is 2.34. The monoisotopic (exact) mass is 336 g/mol. The first-order valence-electron chi connectivity index (χ1n) is 8.05. The molecule has 128 valence electrons. The number of carbonyl (C=O) groups is 1. The van der Waals surface area contributed by atoms with Crippen LogP contribution in [0.1, 0.15) is 37.1 Å². The predicted molar refractivity (Wildman–Crippen MR) is 95.2 cm³/mol. The summed E-state index contributed by atoms with van der Waals surface area (Å²) < 4.78 is 1.52. The van der Waals surface area contributed by atoms with E-state index in [2.05, 4.69) is 20.4 Å². The average molecular weight is 336 g/mol. The van der Waals surface area contributed by atoms with E-state index in [0.717, 1.165) is 11.3 Å². The van der Waals surface area contributed by atoms with Crippen molar-refractivity contribution in [2.24, 2.45) is 5.73 Å². The molecule has 3 aromatic rings. The molecule has 1 unspecified atom stereocenters. The number of nitrogens with two attached hydrogens (primary N) is 1. The van der Waals surface area contributed by atoms with Gasteiger partial charge in [-0.1, -0.05) is 44.2 Å². The minimum Gasteiger partial charge on any atom is -0.316 e. The highest BCUT2D eigenvalue weighted by Gasteiger charge is 2.20. The Morgan fingerprint density at radius 1 is 1.12 bits per heavy atom. The summed E-state index contributed by atoms with van der Waals surface area (Å²) in [6.45, 7) is 4.06. The lowest BCUT2D eigenvalue weighted by Crippen LogP contribution is -2.28. The molecule has 0 fully saturated rings. The van der Waals surface area contributed by atoms with Gasteiger partial charge in [-0.15, -0.1) is 0 Å². The van der Waals surface area contributed by atoms with Crippen molar-refractivity contribution in [2.75, 3.05) is 5.32 Å². The lowest BCUT2D eigenvalue weighted by atomic mass is 10.1. The fourth-order valence-electron chi connectivity index (χ4n) is 2.34. The first-order valence-corrected chi connectivity index (χ1v) is 8.05. The molecule has 3 rings (SSSR count). The van der Waals surface area contributed by atoms with Crippen molar-refractivity contribution in [2.45, 2.75) is 25.8 Å². The van der Waals surface area contributed by atoms with Crippen LogP contribution in [0.5, 0.6) is 0 Å². The second-order valence-corrected chi connectivity index (χ2v) is 5.95. The summed E-state index contributed by atoms with van der Waals surface area (Å²) in [5.41, 5.74) is 7.64. The third kappa shape index (κ3) is 3.72. The third-order valence-electron chi connectivity index (χ3n) is 3.75. The molecular weight excluding hydrogens is 316 g/mol. The molecule has 0 saturated heterocycles. The number of carbonyl (C=O) groups excluding carboxylic acids is 1. The molecule has 0 aliphatic carbocycles. The van der Waals surface area contributed by atoms with Crippen LogP contribution in [0.15, 0.2) is 54.9 Å². The van der Waals surface area contributed by atoms with E-state index in [-0.39, 0.29) is 11.8 Å². The summed E-state index contributed by atoms with van der Waals surface area (Å²) in [5, 5.41) is 7.34. The Bertz CT molecular complexity index is 845. The molecule has 2 aromatic heterocycles. The van der Waals surface area contributed by atoms with Crippen LogP contribution in [0.25, 0.3) is 5.95 Å². The summed E-state index contributed by atoms with van der Waals surface area (Å²) in [4.78, 5) is 21.0. The Kier molecular flexibility index (Phi) is 4.85. The molecule has 1 amide bonds. The Labute approximate surface area is 145 Å². The van der Waals surface area contributed by atoms with Crippen LogP contribution in [0.2, 0.25) is 0 Å². The minimum absolute atomic E-state index is 0.198. The number of benzene rings is 1. The van der Waals surface area contributed by atoms with E-state index >= 15 is 0 Å². The van der Waals surface area contributed by atoms with Crippen molar-refractivity contribution in [3.63, 3.8) is 0 Å². The van der Waals surface area contributed by atoms with Crippen molar-refractivity contribution in [3.05, 3.63) is 66.1 Å². The second-order valence-electron chi connectivity index (χ2n) is 5.95. The lowest BCUT2D eigenvalue weighted by Gasteiger charge is -2.13. The molecule has 0 saturated carbocycles. The van der Waals surface area contributed by atoms with Crippen molar-refractivity contribution >= 4 is 11.7 Å². The zero-order chi connectivity index (χ0) is 17.8. The summed E-state index contributed by atoms with van der Waals surface area (Å²) in [5.74, 6) is 0.756. The molecule has 2 heterocycles. The van der Waals surface area contributed by atoms with Gasteiger partial charge in [0.15, 0.2) is 0 Å². The van der Waals surface area contributed by atoms with Gasteiger partial charge in [-0.05, 0) is 17.5 Å². The predicted octanol–water partition coefficient (Wildman–Crippen LogP) is 2.42. The summed E-state index contributed by atoms with van der Waals surface area (Å²) in [6.07, 6.45) is 3.25. The first-order chi connectivity index (χ1) is 12.1. The molecule has 0 aliphatic heterocycles. The maximum absolute atomic E-state index is 12.6. The first kappa shape index (κ1) is 16.8. The van der Waals surface area contributed by atoms with Crippen LogP contribution in [0.4, 0.5) is 5.82 Å². The van der Waals surface area contributed by atoms with Crippen LogP contribution < -0.4 is 11.1 Å². The molecule has 1 aromatic carbocycles. The van der Waals surface area contributed by atoms with E-state index in [1.165, 1.54) is 4.68 Å². The zero-order valence-corrected chi connectivity index (χ0v) is 14.1. The Balaban J connectivity index is 1.90. The number of nitrogens with zero attached hydrogens (tertiary/aromatic N) is 4. The van der Waals surface area contributed by atoms with Gasteiger partial charge in [0.25, 0.3) is 5.95 Å². The smallest absolute Gasteiger partial charge is 0.252 e. The number of anilines is 1. The quantitative estimate of drug-likeness (QED) is 0.745. The molecule has 0 bridgehead atoms. The van der Waals surface area contributed by atoms with Gasteiger partial charge >= 0.3 is 0 Å². The number of rotatable bonds is 5. The molecule has 3 N–H and O–H groups in total. The van der Waals surface area contributed by atoms with Crippen LogP contribution in [0, 0.1) is 0 Å². The van der Waals surface area contributed by atoms with E-state index in [1.807, 2.05) is 50.2 Å². The van der Waals surface area contributed by atoms with Gasteiger partial charge in [0.05, 0.1) is 5.69 Å². The van der Waals surface area contributed by atoms with Crippen LogP contribution >= 0.6 is 0 Å². The van der Waals surface area contributed by atoms with Gasteiger partial charge in [-0.2, -0.15) is 9.78 Å². The van der Waals surface area contributed by atoms with Crippen LogP contribution in [-0.2, 0) is 4.79 Å². The number of hydrogen-bond acceptors (Lipinski definition) is 5. The van der Waals surface area contributed by atoms with Gasteiger partial charge in [-0.3, -0.25) is 4.79 Å². The van der Waals surface area contributed by atoms with Crippen molar-refractivity contribution < 1.29 is 4.79 Å². The van der Waals surface area contributed by atoms with E-state index in [0.29, 0.717) is 11.8 Å². The average Bonchev–Trinajstić information content (AvgIpc) is 3.06. The number of hydrogen-bond donors (Lipinski definition) is 2. The molecule has 1 atom stereocenters. The highest BCUT2D eigenvalue weighted by Crippen LogP contribution is 2.21. The van der Waals surface area contributed by atoms with Crippen molar-refractivity contribution in [3.8, 4) is 5.95 Å². The number of nitrogens with one attached hydrogen (secondary N) is 1. The van der Waals surface area contributed by atoms with Crippen LogP contribution in [-0.4, -0.2) is 25.7 Å². The van der Waals surface area contributed by atoms with Gasteiger partial charge in [-0.25, -0.2) is 9.97 Å². The van der Waals surface area contributed by atoms with Gasteiger partial charge in [0.1, 0.15) is 11.9 Å². The summed E-state index contributed by atoms with van der Waals surface area (Å²) in [6, 6.07) is 12.0. The van der Waals surface area contributed by atoms with E-state index in [1.54, 1.807) is 18.5 Å². The third-order valence-corrected chi connectivity index (χ3v) is 3.75. The maximum atomic E-state index is 12.6. The Morgan fingerprint density at radius 2 is 1.80 bits per heavy atom. The largest absolute Gasteiger partial charge is 0.316 e. The maximum Gasteiger partial charge on any atom is 0.252 e. The fraction of sp³-hybridized carbons (Fsp3) is 0.222. The highest BCUT2D eigenvalue weighted by molar-refractivity contribution is 5.95. The Morgan fingerprint density at radius 3 is 2.44 bits per heavy atom. The lowest BCUT2D eigenvalue weighted by molar-refractivity contribution is -0.117. The highest BCUT2D eigenvalue weighted by atomic mass is 16.2. The van der Waals surface area contributed by atoms with Gasteiger partial charge in [0.2, 0.25) is 5.91 Å². The molecule has 7 nitrogen and oxygen atoms in total. The Hall–Kier alpha value is -3.06. The molecule has 0 spiro atoms. The van der Waals surface area contributed by atoms with Crippen molar-refractivity contribution in [1.29, 1.82) is 0 Å². The summed E-state index contributed by atoms with van der Waals surface area (Å²) >= 11 is 0. The van der Waals surface area contributed by atoms with Crippen LogP contribution in [0.3, 0.4) is 0 Å². The van der Waals surface area contributed by atoms with E-state index in [9.17, 15) is 4.79 Å². The molecule has 0 radical (unpaired) electrons. The van der Waals surface area contributed by atoms with E-state index < -0.39 is 6.04 Å². The standard InChI is InChI=1S/C18H20N6O/c1-12(2)14-11-15(24(23-14)18-20-9-6-10-21-18)22-17(25)16(19)13-7-4-3-5-8-13/h3-12,16H,19H2,1-2H3,(H,22,25). The number of aromatic nitrogens is 4. The SMILES string of the molecule is CC(C)c1cc(NC(=O)C(N)c2ccccc2)n(-c2ncccn2)n1. The molecule has 0 aliphatic rings. The number of amides is 1. The second kappa shape index (κ2) is 7.23. The molecule has 25 heavy (non-hydrogen) atoms. The topological polar surface area (TPSA) is 98.7 Å². The molecule has 7 heteroatoms. The zero-order valence-electron chi connectivity index (χ0n) is 14.1. The van der Waals surface area contributed by atoms with Gasteiger partial charge < -0.3 is 11.1 Å². The normalized spacial score (nSPS) is 12.2. The van der Waals surface area contributed by atoms with Gasteiger partial charge in [0, 0.05) is 18.5 Å². The summed E-state index contributed by atoms with van der Waals surface area (Å²) in [7, 11) is 0. The minimum atomic E-state index is -0.774. The molecular formula is C18H20N6O. The van der Waals surface area contributed by atoms with Crippen molar-refractivity contribution in [1.82, 2.24) is 19.7 Å².